The minimum absolute atomic E-state index is 0.289. The lowest BCUT2D eigenvalue weighted by atomic mass is 9.70. The molecule has 2 aromatic rings. The molecule has 1 spiro atoms. The van der Waals surface area contributed by atoms with Crippen LogP contribution in [0.5, 0.6) is 0 Å². The van der Waals surface area contributed by atoms with Crippen LogP contribution in [0.2, 0.25) is 5.02 Å². The van der Waals surface area contributed by atoms with Gasteiger partial charge in [-0.25, -0.2) is 0 Å². The minimum Gasteiger partial charge on any atom is -0.0843 e. The van der Waals surface area contributed by atoms with Crippen molar-refractivity contribution in [2.75, 3.05) is 0 Å². The Balaban J connectivity index is 1.91. The van der Waals surface area contributed by atoms with Gasteiger partial charge in [0.15, 0.2) is 0 Å². The van der Waals surface area contributed by atoms with E-state index in [1.807, 2.05) is 6.07 Å². The number of hydrogen-bond acceptors (Lipinski definition) is 0. The molecule has 0 nitrogen and oxygen atoms in total. The Hall–Kier alpha value is -1.27. The quantitative estimate of drug-likeness (QED) is 0.604. The minimum atomic E-state index is 0.289. The van der Waals surface area contributed by atoms with Crippen molar-refractivity contribution in [1.29, 1.82) is 0 Å². The molecule has 0 aromatic heterocycles. The molecule has 0 amide bonds. The van der Waals surface area contributed by atoms with Gasteiger partial charge in [0, 0.05) is 10.4 Å². The highest BCUT2D eigenvalue weighted by molar-refractivity contribution is 6.30. The summed E-state index contributed by atoms with van der Waals surface area (Å²) in [6.07, 6.45) is 5.58. The van der Waals surface area contributed by atoms with Crippen molar-refractivity contribution < 1.29 is 0 Å². The van der Waals surface area contributed by atoms with E-state index in [9.17, 15) is 0 Å². The zero-order valence-electron chi connectivity index (χ0n) is 11.4. The first kappa shape index (κ1) is 11.4. The van der Waals surface area contributed by atoms with Crippen molar-refractivity contribution in [3.05, 3.63) is 58.6 Å². The summed E-state index contributed by atoms with van der Waals surface area (Å²) in [6.45, 7) is 0. The lowest BCUT2D eigenvalue weighted by Crippen LogP contribution is -2.30. The van der Waals surface area contributed by atoms with Crippen molar-refractivity contribution in [2.45, 2.75) is 31.1 Å². The van der Waals surface area contributed by atoms with Crippen LogP contribution >= 0.6 is 11.6 Å². The highest BCUT2D eigenvalue weighted by atomic mass is 35.5. The van der Waals surface area contributed by atoms with Crippen molar-refractivity contribution in [1.82, 2.24) is 0 Å². The van der Waals surface area contributed by atoms with Crippen LogP contribution in [-0.2, 0) is 5.41 Å². The van der Waals surface area contributed by atoms with Gasteiger partial charge in [0.1, 0.15) is 0 Å². The first-order chi connectivity index (χ1) is 9.81. The predicted octanol–water partition coefficient (Wildman–Crippen LogP) is 5.43. The lowest BCUT2D eigenvalue weighted by molar-refractivity contribution is 0.400. The second kappa shape index (κ2) is 3.68. The fourth-order valence-electron chi connectivity index (χ4n) is 5.53. The van der Waals surface area contributed by atoms with Gasteiger partial charge in [-0.15, -0.1) is 0 Å². The molecule has 2 bridgehead atoms. The summed E-state index contributed by atoms with van der Waals surface area (Å²) in [6, 6.07) is 15.6. The monoisotopic (exact) mass is 280 g/mol. The van der Waals surface area contributed by atoms with Gasteiger partial charge in [-0.2, -0.15) is 0 Å². The molecule has 2 saturated carbocycles. The molecule has 3 aliphatic carbocycles. The molecule has 0 unspecified atom stereocenters. The first-order valence-electron chi connectivity index (χ1n) is 7.71. The molecule has 5 rings (SSSR count). The summed E-state index contributed by atoms with van der Waals surface area (Å²) >= 11 is 6.34. The Labute approximate surface area is 124 Å². The molecule has 0 heterocycles. The second-order valence-electron chi connectivity index (χ2n) is 6.65. The van der Waals surface area contributed by atoms with Gasteiger partial charge in [0.25, 0.3) is 0 Å². The van der Waals surface area contributed by atoms with Crippen molar-refractivity contribution in [3.63, 3.8) is 0 Å². The van der Waals surface area contributed by atoms with Crippen LogP contribution in [0.3, 0.4) is 0 Å². The Bertz CT molecular complexity index is 695. The van der Waals surface area contributed by atoms with E-state index >= 15 is 0 Å². The molecule has 100 valence electrons. The van der Waals surface area contributed by atoms with Gasteiger partial charge in [0.2, 0.25) is 0 Å². The average Bonchev–Trinajstić information content (AvgIpc) is 3.12. The van der Waals surface area contributed by atoms with E-state index in [1.165, 1.54) is 42.4 Å². The smallest absolute Gasteiger partial charge is 0.0409 e. The number of fused-ring (bicyclic) bond motifs is 3. The third-order valence-corrected chi connectivity index (χ3v) is 6.34. The van der Waals surface area contributed by atoms with Crippen LogP contribution in [0.15, 0.2) is 42.5 Å². The molecule has 3 aliphatic rings. The van der Waals surface area contributed by atoms with Gasteiger partial charge in [-0.3, -0.25) is 0 Å². The van der Waals surface area contributed by atoms with Crippen molar-refractivity contribution >= 4 is 11.6 Å². The number of rotatable bonds is 0. The summed E-state index contributed by atoms with van der Waals surface area (Å²) in [7, 11) is 0. The van der Waals surface area contributed by atoms with Gasteiger partial charge in [-0.05, 0) is 71.9 Å². The van der Waals surface area contributed by atoms with E-state index in [-0.39, 0.29) is 5.41 Å². The predicted molar refractivity (Wildman–Crippen MR) is 83.1 cm³/mol. The van der Waals surface area contributed by atoms with E-state index in [1.54, 1.807) is 5.56 Å². The Morgan fingerprint density at radius 1 is 0.800 bits per heavy atom. The van der Waals surface area contributed by atoms with Crippen LogP contribution in [0, 0.1) is 11.8 Å². The fraction of sp³-hybridized carbons (Fsp3) is 0.368. The summed E-state index contributed by atoms with van der Waals surface area (Å²) in [5.74, 6) is 1.65. The molecule has 0 radical (unpaired) electrons. The summed E-state index contributed by atoms with van der Waals surface area (Å²) in [4.78, 5) is 0. The Morgan fingerprint density at radius 3 is 2.20 bits per heavy atom. The molecule has 2 fully saturated rings. The Morgan fingerprint density at radius 2 is 1.45 bits per heavy atom. The van der Waals surface area contributed by atoms with Crippen LogP contribution in [0.25, 0.3) is 11.1 Å². The summed E-state index contributed by atoms with van der Waals surface area (Å²) in [5, 5.41) is 0.891. The average molecular weight is 281 g/mol. The molecular formula is C19H17Cl. The molecule has 20 heavy (non-hydrogen) atoms. The molecule has 2 aromatic carbocycles. The largest absolute Gasteiger partial charge is 0.0843 e. The van der Waals surface area contributed by atoms with Crippen molar-refractivity contribution in [3.8, 4) is 11.1 Å². The van der Waals surface area contributed by atoms with E-state index in [0.717, 1.165) is 16.9 Å². The SMILES string of the molecule is Clc1ccc2c(c1)C1(c3ccccc3-2)C2CCC1CC2. The van der Waals surface area contributed by atoms with E-state index in [2.05, 4.69) is 36.4 Å². The zero-order chi connectivity index (χ0) is 13.3. The molecule has 0 saturated heterocycles. The Kier molecular flexibility index (Phi) is 2.10. The van der Waals surface area contributed by atoms with Gasteiger partial charge in [-0.1, -0.05) is 41.9 Å². The fourth-order valence-corrected chi connectivity index (χ4v) is 5.71. The third kappa shape index (κ3) is 1.12. The highest BCUT2D eigenvalue weighted by Crippen LogP contribution is 2.67. The maximum Gasteiger partial charge on any atom is 0.0409 e. The zero-order valence-corrected chi connectivity index (χ0v) is 12.2. The van der Waals surface area contributed by atoms with Crippen LogP contribution in [0.4, 0.5) is 0 Å². The highest BCUT2D eigenvalue weighted by Gasteiger charge is 2.59. The molecule has 1 heteroatoms. The first-order valence-corrected chi connectivity index (χ1v) is 8.09. The summed E-state index contributed by atoms with van der Waals surface area (Å²) in [5.41, 5.74) is 6.29. The van der Waals surface area contributed by atoms with E-state index in [0.29, 0.717) is 0 Å². The van der Waals surface area contributed by atoms with Gasteiger partial charge in [0.05, 0.1) is 0 Å². The topological polar surface area (TPSA) is 0 Å². The molecule has 0 aliphatic heterocycles. The lowest BCUT2D eigenvalue weighted by Gasteiger charge is -2.33. The van der Waals surface area contributed by atoms with Crippen LogP contribution in [0.1, 0.15) is 36.8 Å². The summed E-state index contributed by atoms with van der Waals surface area (Å²) < 4.78 is 0. The molecule has 0 N–H and O–H groups in total. The third-order valence-electron chi connectivity index (χ3n) is 6.11. The maximum absolute atomic E-state index is 6.34. The number of hydrogen-bond donors (Lipinski definition) is 0. The number of benzene rings is 2. The molecule has 0 atom stereocenters. The second-order valence-corrected chi connectivity index (χ2v) is 7.09. The normalized spacial score (nSPS) is 32.6. The van der Waals surface area contributed by atoms with Gasteiger partial charge < -0.3 is 0 Å². The molecular weight excluding hydrogens is 264 g/mol. The van der Waals surface area contributed by atoms with Crippen LogP contribution in [-0.4, -0.2) is 0 Å². The van der Waals surface area contributed by atoms with Crippen LogP contribution < -0.4 is 0 Å². The van der Waals surface area contributed by atoms with E-state index < -0.39 is 0 Å². The standard InChI is InChI=1S/C19H17Cl/c20-14-9-10-16-15-3-1-2-4-17(15)19(18(16)11-14)12-5-6-13(19)8-7-12/h1-4,9-13H,5-8H2. The maximum atomic E-state index is 6.34. The van der Waals surface area contributed by atoms with E-state index in [4.69, 9.17) is 11.6 Å². The van der Waals surface area contributed by atoms with Crippen molar-refractivity contribution in [2.24, 2.45) is 11.8 Å². The van der Waals surface area contributed by atoms with Gasteiger partial charge >= 0.3 is 0 Å². The number of halogens is 1.